The molecule has 1 saturated heterocycles. The Morgan fingerprint density at radius 3 is 2.79 bits per heavy atom. The van der Waals surface area contributed by atoms with Crippen molar-refractivity contribution in [2.75, 3.05) is 38.2 Å². The molecule has 1 aromatic carbocycles. The Kier molecular flexibility index (Phi) is 11.3. The molecule has 0 aliphatic carbocycles. The summed E-state index contributed by atoms with van der Waals surface area (Å²) >= 11 is 0. The summed E-state index contributed by atoms with van der Waals surface area (Å²) in [5.74, 6) is 1.01. The van der Waals surface area contributed by atoms with Crippen molar-refractivity contribution >= 4 is 36.5 Å². The number of aromatic nitrogens is 1. The van der Waals surface area contributed by atoms with Crippen LogP contribution in [0.2, 0.25) is 0 Å². The molecular weight excluding hydrogens is 403 g/mol. The summed E-state index contributed by atoms with van der Waals surface area (Å²) in [5, 5.41) is 8.98. The number of hydrogen-bond donors (Lipinski definition) is 3. The van der Waals surface area contributed by atoms with Crippen molar-refractivity contribution in [3.05, 3.63) is 54.4 Å². The number of benzene rings is 1. The molecule has 2 aromatic rings. The lowest BCUT2D eigenvalue weighted by Crippen LogP contribution is -2.37. The van der Waals surface area contributed by atoms with Crippen molar-refractivity contribution in [1.29, 1.82) is 0 Å². The SMILES string of the molecule is Cl.Cl.O=C(NCC1CNCCOC1)Nc1ccc(OCc2ccccn2)cc1. The van der Waals surface area contributed by atoms with E-state index in [0.29, 0.717) is 25.4 Å². The van der Waals surface area contributed by atoms with Crippen LogP contribution in [0.15, 0.2) is 48.7 Å². The quantitative estimate of drug-likeness (QED) is 0.658. The second-order valence-electron chi connectivity index (χ2n) is 6.11. The maximum Gasteiger partial charge on any atom is 0.319 e. The van der Waals surface area contributed by atoms with Crippen molar-refractivity contribution in [3.63, 3.8) is 0 Å². The molecule has 1 fully saturated rings. The molecule has 0 spiro atoms. The molecule has 2 amide bonds. The van der Waals surface area contributed by atoms with E-state index in [9.17, 15) is 4.79 Å². The zero-order valence-electron chi connectivity index (χ0n) is 15.4. The van der Waals surface area contributed by atoms with E-state index < -0.39 is 0 Å². The zero-order valence-corrected chi connectivity index (χ0v) is 17.1. The highest BCUT2D eigenvalue weighted by Crippen LogP contribution is 2.16. The van der Waals surface area contributed by atoms with Crippen LogP contribution in [-0.4, -0.2) is 43.9 Å². The van der Waals surface area contributed by atoms with E-state index in [0.717, 1.165) is 31.1 Å². The zero-order chi connectivity index (χ0) is 18.0. The number of urea groups is 1. The fourth-order valence-electron chi connectivity index (χ4n) is 2.58. The lowest BCUT2D eigenvalue weighted by atomic mass is 10.1. The number of ether oxygens (including phenoxy) is 2. The Morgan fingerprint density at radius 1 is 1.21 bits per heavy atom. The molecule has 9 heteroatoms. The van der Waals surface area contributed by atoms with Gasteiger partial charge in [-0.3, -0.25) is 4.98 Å². The van der Waals surface area contributed by atoms with Crippen LogP contribution >= 0.6 is 24.8 Å². The van der Waals surface area contributed by atoms with Crippen LogP contribution in [0, 0.1) is 5.92 Å². The van der Waals surface area contributed by atoms with Crippen LogP contribution in [-0.2, 0) is 11.3 Å². The summed E-state index contributed by atoms with van der Waals surface area (Å²) in [4.78, 5) is 16.2. The van der Waals surface area contributed by atoms with E-state index in [4.69, 9.17) is 9.47 Å². The van der Waals surface area contributed by atoms with Crippen molar-refractivity contribution in [2.45, 2.75) is 6.61 Å². The molecule has 0 bridgehead atoms. The maximum atomic E-state index is 12.0. The number of pyridine rings is 1. The number of amides is 2. The minimum atomic E-state index is -0.226. The number of carbonyl (C=O) groups is 1. The van der Waals surface area contributed by atoms with Gasteiger partial charge in [-0.1, -0.05) is 6.07 Å². The van der Waals surface area contributed by atoms with Crippen molar-refractivity contribution in [2.24, 2.45) is 5.92 Å². The molecule has 1 atom stereocenters. The number of nitrogens with zero attached hydrogens (tertiary/aromatic N) is 1. The predicted octanol–water partition coefficient (Wildman–Crippen LogP) is 2.86. The molecule has 1 aliphatic heterocycles. The topological polar surface area (TPSA) is 84.5 Å². The van der Waals surface area contributed by atoms with Gasteiger partial charge in [-0.2, -0.15) is 0 Å². The molecule has 2 heterocycles. The third-order valence-electron chi connectivity index (χ3n) is 3.99. The van der Waals surface area contributed by atoms with Crippen molar-refractivity contribution in [3.8, 4) is 5.75 Å². The van der Waals surface area contributed by atoms with Gasteiger partial charge in [0.25, 0.3) is 0 Å². The molecule has 1 unspecified atom stereocenters. The van der Waals surface area contributed by atoms with Gasteiger partial charge in [0.1, 0.15) is 12.4 Å². The Morgan fingerprint density at radius 2 is 2.04 bits per heavy atom. The molecule has 1 aliphatic rings. The maximum absolute atomic E-state index is 12.0. The summed E-state index contributed by atoms with van der Waals surface area (Å²) in [6, 6.07) is 12.7. The van der Waals surface area contributed by atoms with E-state index in [1.54, 1.807) is 6.20 Å². The Bertz CT molecular complexity index is 681. The van der Waals surface area contributed by atoms with Gasteiger partial charge in [0.2, 0.25) is 0 Å². The highest BCUT2D eigenvalue weighted by Gasteiger charge is 2.13. The molecule has 154 valence electrons. The minimum Gasteiger partial charge on any atom is -0.487 e. The molecular formula is C19H26Cl2N4O3. The summed E-state index contributed by atoms with van der Waals surface area (Å²) in [7, 11) is 0. The van der Waals surface area contributed by atoms with E-state index in [-0.39, 0.29) is 36.8 Å². The second-order valence-corrected chi connectivity index (χ2v) is 6.11. The molecule has 3 N–H and O–H groups in total. The van der Waals surface area contributed by atoms with Gasteiger partial charge < -0.3 is 25.4 Å². The first-order valence-corrected chi connectivity index (χ1v) is 8.76. The summed E-state index contributed by atoms with van der Waals surface area (Å²) in [6.07, 6.45) is 1.74. The number of nitrogens with one attached hydrogen (secondary N) is 3. The average molecular weight is 429 g/mol. The number of halogens is 2. The van der Waals surface area contributed by atoms with Gasteiger partial charge in [0.15, 0.2) is 0 Å². The molecule has 3 rings (SSSR count). The highest BCUT2D eigenvalue weighted by molar-refractivity contribution is 5.89. The van der Waals surface area contributed by atoms with E-state index in [1.165, 1.54) is 0 Å². The van der Waals surface area contributed by atoms with E-state index in [2.05, 4.69) is 20.9 Å². The Balaban J connectivity index is 0.00000196. The van der Waals surface area contributed by atoms with Gasteiger partial charge in [-0.05, 0) is 36.4 Å². The van der Waals surface area contributed by atoms with Crippen LogP contribution in [0.5, 0.6) is 5.75 Å². The Hall–Kier alpha value is -2.06. The van der Waals surface area contributed by atoms with Crippen molar-refractivity contribution < 1.29 is 14.3 Å². The number of hydrogen-bond acceptors (Lipinski definition) is 5. The van der Waals surface area contributed by atoms with E-state index in [1.807, 2.05) is 42.5 Å². The molecule has 28 heavy (non-hydrogen) atoms. The smallest absolute Gasteiger partial charge is 0.319 e. The monoisotopic (exact) mass is 428 g/mol. The first-order chi connectivity index (χ1) is 12.8. The van der Waals surface area contributed by atoms with Crippen LogP contribution in [0.3, 0.4) is 0 Å². The van der Waals surface area contributed by atoms with Crippen LogP contribution in [0.4, 0.5) is 10.5 Å². The molecule has 7 nitrogen and oxygen atoms in total. The lowest BCUT2D eigenvalue weighted by molar-refractivity contribution is 0.123. The summed E-state index contributed by atoms with van der Waals surface area (Å²) in [6.45, 7) is 4.07. The first kappa shape index (κ1) is 24.0. The fraction of sp³-hybridized carbons (Fsp3) is 0.368. The first-order valence-electron chi connectivity index (χ1n) is 8.76. The minimum absolute atomic E-state index is 0. The normalized spacial score (nSPS) is 15.9. The van der Waals surface area contributed by atoms with Gasteiger partial charge in [0.05, 0.1) is 18.9 Å². The molecule has 1 aromatic heterocycles. The predicted molar refractivity (Wildman–Crippen MR) is 114 cm³/mol. The largest absolute Gasteiger partial charge is 0.487 e. The van der Waals surface area contributed by atoms with Gasteiger partial charge in [-0.15, -0.1) is 24.8 Å². The number of rotatable bonds is 6. The number of anilines is 1. The summed E-state index contributed by atoms with van der Waals surface area (Å²) in [5.41, 5.74) is 1.58. The van der Waals surface area contributed by atoms with Crippen LogP contribution in [0.1, 0.15) is 5.69 Å². The van der Waals surface area contributed by atoms with Crippen LogP contribution < -0.4 is 20.7 Å². The van der Waals surface area contributed by atoms with Crippen molar-refractivity contribution in [1.82, 2.24) is 15.6 Å². The molecule has 0 saturated carbocycles. The number of carbonyl (C=O) groups excluding carboxylic acids is 1. The summed E-state index contributed by atoms with van der Waals surface area (Å²) < 4.78 is 11.2. The third-order valence-corrected chi connectivity index (χ3v) is 3.99. The van der Waals surface area contributed by atoms with Gasteiger partial charge >= 0.3 is 6.03 Å². The second kappa shape index (κ2) is 13.2. The Labute approximate surface area is 177 Å². The van der Waals surface area contributed by atoms with Crippen LogP contribution in [0.25, 0.3) is 0 Å². The van der Waals surface area contributed by atoms with E-state index >= 15 is 0 Å². The standard InChI is InChI=1S/C19H24N4O3.2ClH/c24-19(22-12-15-11-20-9-10-25-13-15)23-16-4-6-18(7-5-16)26-14-17-3-1-2-8-21-17;;/h1-8,15,20H,9-14H2,(H2,22,23,24);2*1H. The lowest BCUT2D eigenvalue weighted by Gasteiger charge is -2.15. The average Bonchev–Trinajstić information content (AvgIpc) is 2.96. The fourth-order valence-corrected chi connectivity index (χ4v) is 2.58. The third kappa shape index (κ3) is 8.31. The highest BCUT2D eigenvalue weighted by atomic mass is 35.5. The van der Waals surface area contributed by atoms with Gasteiger partial charge in [0, 0.05) is 37.4 Å². The van der Waals surface area contributed by atoms with Gasteiger partial charge in [-0.25, -0.2) is 4.79 Å². The molecule has 0 radical (unpaired) electrons.